The van der Waals surface area contributed by atoms with Crippen molar-refractivity contribution in [2.75, 3.05) is 5.75 Å². The Balaban J connectivity index is 1.85. The molecule has 0 spiro atoms. The first-order chi connectivity index (χ1) is 14.7. The number of amidine groups is 1. The second-order valence-electron chi connectivity index (χ2n) is 7.25. The van der Waals surface area contributed by atoms with Gasteiger partial charge in [-0.25, -0.2) is 8.42 Å². The molecule has 166 valence electrons. The van der Waals surface area contributed by atoms with Crippen molar-refractivity contribution in [3.63, 3.8) is 0 Å². The maximum atomic E-state index is 12.5. The van der Waals surface area contributed by atoms with E-state index >= 15 is 0 Å². The van der Waals surface area contributed by atoms with Crippen molar-refractivity contribution in [1.82, 2.24) is 5.32 Å². The van der Waals surface area contributed by atoms with Crippen LogP contribution in [0.25, 0.3) is 0 Å². The number of nitrogen functional groups attached to an aromatic ring is 1. The second-order valence-corrected chi connectivity index (χ2v) is 9.29. The summed E-state index contributed by atoms with van der Waals surface area (Å²) in [5.41, 5.74) is 7.12. The topological polar surface area (TPSA) is 153 Å². The SMILES string of the molecule is N=C(N)c1ccc(CCCCC(=O)NC(CC(=O)[O-])CS(=O)(=O)c2ccccc2)cc1. The van der Waals surface area contributed by atoms with Gasteiger partial charge in [-0.3, -0.25) is 10.2 Å². The monoisotopic (exact) mass is 444 g/mol. The molecule has 1 unspecified atom stereocenters. The number of rotatable bonds is 12. The number of carbonyl (C=O) groups is 2. The second kappa shape index (κ2) is 11.3. The van der Waals surface area contributed by atoms with Crippen molar-refractivity contribution in [2.45, 2.75) is 43.0 Å². The third-order valence-corrected chi connectivity index (χ3v) is 6.52. The molecule has 0 aromatic heterocycles. The molecule has 0 saturated carbocycles. The predicted molar refractivity (Wildman–Crippen MR) is 115 cm³/mol. The van der Waals surface area contributed by atoms with Gasteiger partial charge < -0.3 is 21.0 Å². The number of benzene rings is 2. The highest BCUT2D eigenvalue weighted by Gasteiger charge is 2.22. The summed E-state index contributed by atoms with van der Waals surface area (Å²) in [4.78, 5) is 23.3. The van der Waals surface area contributed by atoms with Crippen LogP contribution in [-0.2, 0) is 25.8 Å². The minimum Gasteiger partial charge on any atom is -0.550 e. The van der Waals surface area contributed by atoms with Crippen LogP contribution in [0.2, 0.25) is 0 Å². The van der Waals surface area contributed by atoms with Crippen molar-refractivity contribution >= 4 is 27.5 Å². The number of nitrogens with two attached hydrogens (primary N) is 1. The number of amides is 1. The number of hydrogen-bond donors (Lipinski definition) is 3. The van der Waals surface area contributed by atoms with Crippen LogP contribution >= 0.6 is 0 Å². The molecule has 0 aliphatic carbocycles. The average Bonchev–Trinajstić information content (AvgIpc) is 2.71. The molecule has 8 nitrogen and oxygen atoms in total. The molecule has 0 bridgehead atoms. The van der Waals surface area contributed by atoms with Gasteiger partial charge in [0.05, 0.1) is 10.6 Å². The molecule has 0 radical (unpaired) electrons. The lowest BCUT2D eigenvalue weighted by Gasteiger charge is -2.19. The van der Waals surface area contributed by atoms with Crippen LogP contribution < -0.4 is 16.2 Å². The predicted octanol–water partition coefficient (Wildman–Crippen LogP) is 0.782. The number of aryl methyl sites for hydroxylation is 1. The Labute approximate surface area is 181 Å². The van der Waals surface area contributed by atoms with Gasteiger partial charge in [-0.2, -0.15) is 0 Å². The Morgan fingerprint density at radius 1 is 1.03 bits per heavy atom. The molecule has 2 rings (SSSR count). The van der Waals surface area contributed by atoms with Crippen LogP contribution in [0.5, 0.6) is 0 Å². The Morgan fingerprint density at radius 2 is 1.68 bits per heavy atom. The van der Waals surface area contributed by atoms with Gasteiger partial charge in [0, 0.05) is 30.4 Å². The number of sulfone groups is 1. The smallest absolute Gasteiger partial charge is 0.220 e. The van der Waals surface area contributed by atoms with Gasteiger partial charge in [0.25, 0.3) is 0 Å². The number of carbonyl (C=O) groups excluding carboxylic acids is 2. The molecule has 1 atom stereocenters. The average molecular weight is 445 g/mol. The molecule has 0 aliphatic rings. The quantitative estimate of drug-likeness (QED) is 0.250. The Morgan fingerprint density at radius 3 is 2.26 bits per heavy atom. The van der Waals surface area contributed by atoms with Gasteiger partial charge in [0.1, 0.15) is 5.84 Å². The van der Waals surface area contributed by atoms with E-state index in [1.807, 2.05) is 12.1 Å². The van der Waals surface area contributed by atoms with Gasteiger partial charge >= 0.3 is 0 Å². The first-order valence-electron chi connectivity index (χ1n) is 9.88. The van der Waals surface area contributed by atoms with Crippen LogP contribution in [0.4, 0.5) is 0 Å². The summed E-state index contributed by atoms with van der Waals surface area (Å²) in [5.74, 6) is -2.34. The van der Waals surface area contributed by atoms with E-state index in [4.69, 9.17) is 11.1 Å². The summed E-state index contributed by atoms with van der Waals surface area (Å²) in [6.07, 6.45) is 1.58. The fourth-order valence-electron chi connectivity index (χ4n) is 3.11. The van der Waals surface area contributed by atoms with Crippen molar-refractivity contribution in [3.8, 4) is 0 Å². The number of unbranched alkanes of at least 4 members (excludes halogenated alkanes) is 1. The molecular formula is C22H26N3O5S-. The molecule has 0 fully saturated rings. The normalized spacial score (nSPS) is 12.1. The van der Waals surface area contributed by atoms with Crippen LogP contribution in [-0.4, -0.2) is 37.9 Å². The summed E-state index contributed by atoms with van der Waals surface area (Å²) >= 11 is 0. The molecule has 31 heavy (non-hydrogen) atoms. The van der Waals surface area contributed by atoms with E-state index in [0.717, 1.165) is 18.4 Å². The summed E-state index contributed by atoms with van der Waals surface area (Å²) in [7, 11) is -3.75. The highest BCUT2D eigenvalue weighted by atomic mass is 32.2. The van der Waals surface area contributed by atoms with Crippen molar-refractivity contribution in [3.05, 3.63) is 65.7 Å². The molecule has 2 aromatic rings. The van der Waals surface area contributed by atoms with E-state index in [0.29, 0.717) is 12.0 Å². The van der Waals surface area contributed by atoms with Gasteiger partial charge in [-0.1, -0.05) is 42.5 Å². The Bertz CT molecular complexity index is 1010. The molecule has 0 saturated heterocycles. The van der Waals surface area contributed by atoms with E-state index in [9.17, 15) is 23.1 Å². The highest BCUT2D eigenvalue weighted by molar-refractivity contribution is 7.91. The minimum atomic E-state index is -3.75. The molecule has 0 heterocycles. The standard InChI is InChI=1S/C22H27N3O5S/c23-22(24)17-12-10-16(11-13-17)6-4-5-9-20(26)25-18(14-21(27)28)15-31(29,30)19-7-2-1-3-8-19/h1-3,7-8,10-13,18H,4-6,9,14-15H2,(H3,23,24)(H,25,26)(H,27,28)/p-1. The van der Waals surface area contributed by atoms with Gasteiger partial charge in [-0.05, 0) is 37.0 Å². The van der Waals surface area contributed by atoms with E-state index in [2.05, 4.69) is 5.32 Å². The minimum absolute atomic E-state index is 0.00335. The number of aliphatic carboxylic acids is 1. The lowest BCUT2D eigenvalue weighted by Crippen LogP contribution is -2.43. The molecule has 0 aliphatic heterocycles. The summed E-state index contributed by atoms with van der Waals surface area (Å²) in [6.45, 7) is 0. The fourth-order valence-corrected chi connectivity index (χ4v) is 4.60. The Kier molecular flexibility index (Phi) is 8.75. The molecule has 1 amide bonds. The van der Waals surface area contributed by atoms with Crippen LogP contribution in [0.1, 0.15) is 36.8 Å². The largest absolute Gasteiger partial charge is 0.550 e. The number of nitrogens with one attached hydrogen (secondary N) is 2. The zero-order chi connectivity index (χ0) is 22.9. The zero-order valence-corrected chi connectivity index (χ0v) is 17.9. The third-order valence-electron chi connectivity index (χ3n) is 4.69. The maximum Gasteiger partial charge on any atom is 0.220 e. The van der Waals surface area contributed by atoms with Crippen LogP contribution in [0.15, 0.2) is 59.5 Å². The summed E-state index contributed by atoms with van der Waals surface area (Å²) in [6, 6.07) is 13.9. The zero-order valence-electron chi connectivity index (χ0n) is 17.0. The maximum absolute atomic E-state index is 12.5. The fraction of sp³-hybridized carbons (Fsp3) is 0.318. The first-order valence-corrected chi connectivity index (χ1v) is 11.5. The van der Waals surface area contributed by atoms with Gasteiger partial charge in [0.2, 0.25) is 5.91 Å². The first kappa shape index (κ1) is 24.1. The lowest BCUT2D eigenvalue weighted by molar-refractivity contribution is -0.306. The van der Waals surface area contributed by atoms with Crippen molar-refractivity contribution < 1.29 is 23.1 Å². The number of hydrogen-bond acceptors (Lipinski definition) is 6. The van der Waals surface area contributed by atoms with Crippen LogP contribution in [0.3, 0.4) is 0 Å². The van der Waals surface area contributed by atoms with Crippen molar-refractivity contribution in [2.24, 2.45) is 5.73 Å². The molecular weight excluding hydrogens is 418 g/mol. The lowest BCUT2D eigenvalue weighted by atomic mass is 10.0. The van der Waals surface area contributed by atoms with Crippen molar-refractivity contribution in [1.29, 1.82) is 5.41 Å². The van der Waals surface area contributed by atoms with E-state index in [1.165, 1.54) is 12.1 Å². The molecule has 2 aromatic carbocycles. The summed E-state index contributed by atoms with van der Waals surface area (Å²) in [5, 5.41) is 20.9. The highest BCUT2D eigenvalue weighted by Crippen LogP contribution is 2.13. The van der Waals surface area contributed by atoms with Gasteiger partial charge in [-0.15, -0.1) is 0 Å². The molecule has 9 heteroatoms. The molecule has 4 N–H and O–H groups in total. The third kappa shape index (κ3) is 8.21. The van der Waals surface area contributed by atoms with Gasteiger partial charge in [0.15, 0.2) is 9.84 Å². The van der Waals surface area contributed by atoms with E-state index < -0.39 is 39.9 Å². The number of carboxylic acid groups (broad SMARTS) is 1. The number of carboxylic acids is 1. The van der Waals surface area contributed by atoms with Crippen LogP contribution in [0, 0.1) is 5.41 Å². The van der Waals surface area contributed by atoms with E-state index in [1.54, 1.807) is 30.3 Å². The van der Waals surface area contributed by atoms with E-state index in [-0.39, 0.29) is 17.2 Å². The summed E-state index contributed by atoms with van der Waals surface area (Å²) < 4.78 is 25.0. The Hall–Kier alpha value is -3.20.